The van der Waals surface area contributed by atoms with E-state index in [4.69, 9.17) is 0 Å². The van der Waals surface area contributed by atoms with E-state index in [0.717, 1.165) is 12.5 Å². The van der Waals surface area contributed by atoms with Crippen LogP contribution < -0.4 is 5.32 Å². The first-order valence-corrected chi connectivity index (χ1v) is 7.60. The van der Waals surface area contributed by atoms with E-state index in [1.807, 2.05) is 0 Å². The van der Waals surface area contributed by atoms with Crippen molar-refractivity contribution in [2.24, 2.45) is 5.92 Å². The molecule has 0 saturated carbocycles. The molecule has 19 heavy (non-hydrogen) atoms. The van der Waals surface area contributed by atoms with Crippen LogP contribution in [0, 0.1) is 5.92 Å². The van der Waals surface area contributed by atoms with Gasteiger partial charge in [0.1, 0.15) is 0 Å². The summed E-state index contributed by atoms with van der Waals surface area (Å²) < 4.78 is 0. The molecule has 2 heteroatoms. The number of hydrogen-bond donors (Lipinski definition) is 1. The second kappa shape index (κ2) is 6.53. The molecule has 1 aliphatic heterocycles. The summed E-state index contributed by atoms with van der Waals surface area (Å²) >= 11 is 0. The zero-order chi connectivity index (χ0) is 13.8. The topological polar surface area (TPSA) is 15.3 Å². The van der Waals surface area contributed by atoms with Crippen LogP contribution in [0.1, 0.15) is 49.8 Å². The van der Waals surface area contributed by atoms with Gasteiger partial charge in [-0.1, -0.05) is 38.1 Å². The van der Waals surface area contributed by atoms with Crippen LogP contribution in [0.15, 0.2) is 24.3 Å². The van der Waals surface area contributed by atoms with Gasteiger partial charge in [-0.2, -0.15) is 0 Å². The predicted molar refractivity (Wildman–Crippen MR) is 82.6 cm³/mol. The Morgan fingerprint density at radius 2 is 1.84 bits per heavy atom. The van der Waals surface area contributed by atoms with E-state index in [1.54, 1.807) is 0 Å². The van der Waals surface area contributed by atoms with E-state index in [2.05, 4.69) is 62.4 Å². The van der Waals surface area contributed by atoms with Crippen LogP contribution in [0.2, 0.25) is 0 Å². The lowest BCUT2D eigenvalue weighted by Gasteiger charge is -2.30. The Kier molecular flexibility index (Phi) is 5.00. The van der Waals surface area contributed by atoms with Crippen LogP contribution >= 0.6 is 0 Å². The van der Waals surface area contributed by atoms with Crippen molar-refractivity contribution in [1.82, 2.24) is 10.2 Å². The Hall–Kier alpha value is -0.860. The molecule has 0 aliphatic carbocycles. The van der Waals surface area contributed by atoms with E-state index in [1.165, 1.54) is 30.5 Å². The van der Waals surface area contributed by atoms with Crippen molar-refractivity contribution < 1.29 is 0 Å². The van der Waals surface area contributed by atoms with Crippen LogP contribution in [0.4, 0.5) is 0 Å². The largest absolute Gasteiger partial charge is 0.316 e. The molecule has 2 rings (SSSR count). The monoisotopic (exact) mass is 260 g/mol. The molecular weight excluding hydrogens is 232 g/mol. The van der Waals surface area contributed by atoms with Gasteiger partial charge in [-0.15, -0.1) is 0 Å². The molecule has 3 unspecified atom stereocenters. The Morgan fingerprint density at radius 1 is 1.21 bits per heavy atom. The van der Waals surface area contributed by atoms with Gasteiger partial charge in [-0.3, -0.25) is 0 Å². The fraction of sp³-hybridized carbons (Fsp3) is 0.647. The Bertz CT molecular complexity index is 377. The fourth-order valence-corrected chi connectivity index (χ4v) is 3.20. The second-order valence-corrected chi connectivity index (χ2v) is 6.14. The molecule has 2 nitrogen and oxygen atoms in total. The number of rotatable bonds is 5. The van der Waals surface area contributed by atoms with Gasteiger partial charge in [0.25, 0.3) is 0 Å². The van der Waals surface area contributed by atoms with E-state index in [-0.39, 0.29) is 0 Å². The summed E-state index contributed by atoms with van der Waals surface area (Å²) in [6.45, 7) is 6.88. The zero-order valence-electron chi connectivity index (χ0n) is 12.8. The summed E-state index contributed by atoms with van der Waals surface area (Å²) in [4.78, 5) is 2.37. The summed E-state index contributed by atoms with van der Waals surface area (Å²) in [5.41, 5.74) is 2.93. The molecule has 1 saturated heterocycles. The minimum atomic E-state index is 0.543. The minimum absolute atomic E-state index is 0.543. The third kappa shape index (κ3) is 3.37. The van der Waals surface area contributed by atoms with E-state index in [9.17, 15) is 0 Å². The molecule has 0 bridgehead atoms. The number of nitrogens with one attached hydrogen (secondary N) is 1. The standard InChI is InChI=1S/C17H28N2/c1-5-13(2)14-6-8-15(9-7-14)17(19(3)4)16-10-11-18-12-16/h6-9,13,16-18H,5,10-12H2,1-4H3. The molecule has 106 valence electrons. The third-order valence-corrected chi connectivity index (χ3v) is 4.56. The van der Waals surface area contributed by atoms with Gasteiger partial charge < -0.3 is 10.2 Å². The highest BCUT2D eigenvalue weighted by atomic mass is 15.1. The minimum Gasteiger partial charge on any atom is -0.316 e. The molecule has 0 aromatic heterocycles. The highest BCUT2D eigenvalue weighted by molar-refractivity contribution is 5.27. The first kappa shape index (κ1) is 14.5. The van der Waals surface area contributed by atoms with Crippen molar-refractivity contribution in [3.05, 3.63) is 35.4 Å². The highest BCUT2D eigenvalue weighted by Gasteiger charge is 2.27. The number of benzene rings is 1. The van der Waals surface area contributed by atoms with Crippen LogP contribution in [-0.2, 0) is 0 Å². The fourth-order valence-electron chi connectivity index (χ4n) is 3.20. The van der Waals surface area contributed by atoms with Crippen LogP contribution in [0.25, 0.3) is 0 Å². The van der Waals surface area contributed by atoms with Gasteiger partial charge in [0.2, 0.25) is 0 Å². The van der Waals surface area contributed by atoms with Gasteiger partial charge in [-0.25, -0.2) is 0 Å². The Morgan fingerprint density at radius 3 is 2.32 bits per heavy atom. The normalized spacial score (nSPS) is 22.7. The quantitative estimate of drug-likeness (QED) is 0.873. The van der Waals surface area contributed by atoms with E-state index in [0.29, 0.717) is 12.0 Å². The molecule has 0 spiro atoms. The predicted octanol–water partition coefficient (Wildman–Crippen LogP) is 3.41. The Balaban J connectivity index is 2.17. The third-order valence-electron chi connectivity index (χ3n) is 4.56. The van der Waals surface area contributed by atoms with Crippen molar-refractivity contribution in [3.8, 4) is 0 Å². The van der Waals surface area contributed by atoms with E-state index >= 15 is 0 Å². The summed E-state index contributed by atoms with van der Waals surface area (Å²) in [7, 11) is 4.40. The van der Waals surface area contributed by atoms with Crippen molar-refractivity contribution in [1.29, 1.82) is 0 Å². The number of nitrogens with zero attached hydrogens (tertiary/aromatic N) is 1. The molecule has 1 aliphatic rings. The van der Waals surface area contributed by atoms with Crippen molar-refractivity contribution in [2.45, 2.75) is 38.6 Å². The second-order valence-electron chi connectivity index (χ2n) is 6.14. The summed E-state index contributed by atoms with van der Waals surface area (Å²) in [5, 5.41) is 3.49. The molecule has 0 amide bonds. The summed E-state index contributed by atoms with van der Waals surface area (Å²) in [5.74, 6) is 1.41. The van der Waals surface area contributed by atoms with Gasteiger partial charge >= 0.3 is 0 Å². The highest BCUT2D eigenvalue weighted by Crippen LogP contribution is 2.31. The molecule has 1 heterocycles. The van der Waals surface area contributed by atoms with Crippen LogP contribution in [0.5, 0.6) is 0 Å². The maximum absolute atomic E-state index is 3.49. The lowest BCUT2D eigenvalue weighted by atomic mass is 9.89. The van der Waals surface area contributed by atoms with Crippen molar-refractivity contribution in [2.75, 3.05) is 27.2 Å². The molecule has 1 aromatic carbocycles. The maximum atomic E-state index is 3.49. The van der Waals surface area contributed by atoms with Crippen LogP contribution in [0.3, 0.4) is 0 Å². The maximum Gasteiger partial charge on any atom is 0.0382 e. The lowest BCUT2D eigenvalue weighted by Crippen LogP contribution is -2.28. The van der Waals surface area contributed by atoms with E-state index < -0.39 is 0 Å². The van der Waals surface area contributed by atoms with Gasteiger partial charge in [0.15, 0.2) is 0 Å². The smallest absolute Gasteiger partial charge is 0.0382 e. The van der Waals surface area contributed by atoms with Crippen molar-refractivity contribution >= 4 is 0 Å². The molecular formula is C17H28N2. The lowest BCUT2D eigenvalue weighted by molar-refractivity contribution is 0.223. The van der Waals surface area contributed by atoms with Gasteiger partial charge in [-0.05, 0) is 63.0 Å². The molecule has 0 radical (unpaired) electrons. The zero-order valence-corrected chi connectivity index (χ0v) is 12.8. The summed E-state index contributed by atoms with van der Waals surface area (Å²) in [6, 6.07) is 9.86. The molecule has 1 N–H and O–H groups in total. The molecule has 1 aromatic rings. The average molecular weight is 260 g/mol. The molecule has 1 fully saturated rings. The Labute approximate surface area is 118 Å². The average Bonchev–Trinajstić information content (AvgIpc) is 2.92. The summed E-state index contributed by atoms with van der Waals surface area (Å²) in [6.07, 6.45) is 2.50. The first-order chi connectivity index (χ1) is 9.13. The number of hydrogen-bond acceptors (Lipinski definition) is 2. The first-order valence-electron chi connectivity index (χ1n) is 7.60. The SMILES string of the molecule is CCC(C)c1ccc(C(C2CCNC2)N(C)C)cc1. The van der Waals surface area contributed by atoms with Crippen molar-refractivity contribution in [3.63, 3.8) is 0 Å². The molecule has 3 atom stereocenters. The van der Waals surface area contributed by atoms with Gasteiger partial charge in [0, 0.05) is 6.04 Å². The van der Waals surface area contributed by atoms with Gasteiger partial charge in [0.05, 0.1) is 0 Å². The van der Waals surface area contributed by atoms with Crippen LogP contribution in [-0.4, -0.2) is 32.1 Å².